The summed E-state index contributed by atoms with van der Waals surface area (Å²) in [5, 5.41) is 10.1. The molecule has 0 spiro atoms. The van der Waals surface area contributed by atoms with Gasteiger partial charge in [0.15, 0.2) is 0 Å². The van der Waals surface area contributed by atoms with Crippen LogP contribution >= 0.6 is 11.3 Å². The van der Waals surface area contributed by atoms with Crippen molar-refractivity contribution < 1.29 is 9.90 Å². The van der Waals surface area contributed by atoms with Gasteiger partial charge < -0.3 is 5.11 Å². The van der Waals surface area contributed by atoms with Gasteiger partial charge >= 0.3 is 5.97 Å². The molecule has 0 bridgehead atoms. The van der Waals surface area contributed by atoms with Crippen LogP contribution in [-0.2, 0) is 4.79 Å². The molecule has 0 aliphatic rings. The molecule has 0 saturated heterocycles. The maximum Gasteiger partial charge on any atom is 0.313 e. The van der Waals surface area contributed by atoms with Gasteiger partial charge in [0.2, 0.25) is 0 Å². The Hall–Kier alpha value is -1.42. The molecule has 2 aromatic rings. The number of carbonyl (C=O) groups is 1. The molecule has 0 saturated carbocycles. The fourth-order valence-electron chi connectivity index (χ4n) is 2.12. The highest BCUT2D eigenvalue weighted by molar-refractivity contribution is 7.18. The van der Waals surface area contributed by atoms with E-state index in [1.807, 2.05) is 24.3 Å². The second-order valence-electron chi connectivity index (χ2n) is 5.24. The molecule has 1 atom stereocenters. The maximum absolute atomic E-state index is 11.4. The van der Waals surface area contributed by atoms with Gasteiger partial charge in [0.1, 0.15) is 10.9 Å². The largest absolute Gasteiger partial charge is 0.481 e. The van der Waals surface area contributed by atoms with Gasteiger partial charge in [-0.1, -0.05) is 38.8 Å². The second kappa shape index (κ2) is 6.15. The first-order valence-electron chi connectivity index (χ1n) is 6.66. The number of hydrogen-bond donors (Lipinski definition) is 1. The monoisotopic (exact) mass is 277 g/mol. The minimum absolute atomic E-state index is 0.462. The third-order valence-corrected chi connectivity index (χ3v) is 4.33. The summed E-state index contributed by atoms with van der Waals surface area (Å²) in [6.45, 7) is 4.32. The van der Waals surface area contributed by atoms with Crippen molar-refractivity contribution in [1.82, 2.24) is 4.98 Å². The smallest absolute Gasteiger partial charge is 0.313 e. The molecule has 0 aliphatic heterocycles. The Morgan fingerprint density at radius 2 is 2.05 bits per heavy atom. The first-order chi connectivity index (χ1) is 9.08. The van der Waals surface area contributed by atoms with Gasteiger partial charge in [-0.3, -0.25) is 4.79 Å². The lowest BCUT2D eigenvalue weighted by Gasteiger charge is -2.10. The predicted molar refractivity (Wildman–Crippen MR) is 78.7 cm³/mol. The van der Waals surface area contributed by atoms with Crippen LogP contribution in [0.1, 0.15) is 44.0 Å². The minimum atomic E-state index is -0.761. The van der Waals surface area contributed by atoms with Crippen LogP contribution in [0.4, 0.5) is 0 Å². The summed E-state index contributed by atoms with van der Waals surface area (Å²) >= 11 is 1.50. The number of benzene rings is 1. The molecular weight excluding hydrogens is 258 g/mol. The fraction of sp³-hybridized carbons (Fsp3) is 0.467. The first kappa shape index (κ1) is 14.0. The van der Waals surface area contributed by atoms with Gasteiger partial charge in [0.25, 0.3) is 0 Å². The molecule has 1 heterocycles. The van der Waals surface area contributed by atoms with Gasteiger partial charge in [-0.25, -0.2) is 4.98 Å². The number of thiazole rings is 1. The predicted octanol–water partition coefficient (Wildman–Crippen LogP) is 4.29. The molecule has 1 aromatic carbocycles. The van der Waals surface area contributed by atoms with Crippen molar-refractivity contribution in [3.63, 3.8) is 0 Å². The molecule has 0 radical (unpaired) electrons. The molecule has 0 aliphatic carbocycles. The number of rotatable bonds is 6. The van der Waals surface area contributed by atoms with E-state index in [9.17, 15) is 9.90 Å². The number of carboxylic acid groups (broad SMARTS) is 1. The van der Waals surface area contributed by atoms with E-state index in [0.717, 1.165) is 28.1 Å². The SMILES string of the molecule is CC(C)CCCC(C(=O)O)c1nc2ccccc2s1. The Morgan fingerprint density at radius 1 is 1.32 bits per heavy atom. The zero-order valence-corrected chi connectivity index (χ0v) is 12.1. The fourth-order valence-corrected chi connectivity index (χ4v) is 3.22. The van der Waals surface area contributed by atoms with Gasteiger partial charge in [-0.2, -0.15) is 0 Å². The first-order valence-corrected chi connectivity index (χ1v) is 7.48. The average molecular weight is 277 g/mol. The summed E-state index contributed by atoms with van der Waals surface area (Å²) < 4.78 is 1.06. The molecule has 0 fully saturated rings. The van der Waals surface area contributed by atoms with Crippen LogP contribution in [-0.4, -0.2) is 16.1 Å². The van der Waals surface area contributed by atoms with E-state index in [4.69, 9.17) is 0 Å². The van der Waals surface area contributed by atoms with Gasteiger partial charge in [-0.05, 0) is 24.5 Å². The standard InChI is InChI=1S/C15H19NO2S/c1-10(2)6-5-7-11(15(17)18)14-16-12-8-3-4-9-13(12)19-14/h3-4,8-11H,5-7H2,1-2H3,(H,17,18). The van der Waals surface area contributed by atoms with E-state index < -0.39 is 11.9 Å². The van der Waals surface area contributed by atoms with Crippen molar-refractivity contribution in [2.75, 3.05) is 0 Å². The topological polar surface area (TPSA) is 50.2 Å². The normalized spacial score (nSPS) is 13.0. The highest BCUT2D eigenvalue weighted by Gasteiger charge is 2.23. The lowest BCUT2D eigenvalue weighted by Crippen LogP contribution is -2.11. The number of fused-ring (bicyclic) bond motifs is 1. The van der Waals surface area contributed by atoms with Crippen molar-refractivity contribution in [2.24, 2.45) is 5.92 Å². The van der Waals surface area contributed by atoms with E-state index in [0.29, 0.717) is 12.3 Å². The maximum atomic E-state index is 11.4. The van der Waals surface area contributed by atoms with Crippen LogP contribution in [0.15, 0.2) is 24.3 Å². The van der Waals surface area contributed by atoms with Gasteiger partial charge in [0, 0.05) is 0 Å². The molecular formula is C15H19NO2S. The molecule has 2 rings (SSSR count). The van der Waals surface area contributed by atoms with E-state index in [-0.39, 0.29) is 0 Å². The average Bonchev–Trinajstić information content (AvgIpc) is 2.76. The van der Waals surface area contributed by atoms with Crippen molar-refractivity contribution in [3.05, 3.63) is 29.3 Å². The lowest BCUT2D eigenvalue weighted by atomic mass is 9.99. The Kier molecular flexibility index (Phi) is 4.53. The Morgan fingerprint density at radius 3 is 2.68 bits per heavy atom. The highest BCUT2D eigenvalue weighted by atomic mass is 32.1. The van der Waals surface area contributed by atoms with Gasteiger partial charge in [0.05, 0.1) is 10.2 Å². The molecule has 19 heavy (non-hydrogen) atoms. The third-order valence-electron chi connectivity index (χ3n) is 3.18. The van der Waals surface area contributed by atoms with Crippen LogP contribution < -0.4 is 0 Å². The van der Waals surface area contributed by atoms with Crippen molar-refractivity contribution in [3.8, 4) is 0 Å². The Balaban J connectivity index is 2.16. The van der Waals surface area contributed by atoms with Crippen molar-refractivity contribution in [2.45, 2.75) is 39.0 Å². The second-order valence-corrected chi connectivity index (χ2v) is 6.30. The number of aromatic nitrogens is 1. The highest BCUT2D eigenvalue weighted by Crippen LogP contribution is 2.31. The summed E-state index contributed by atoms with van der Waals surface area (Å²) in [7, 11) is 0. The number of para-hydroxylation sites is 1. The zero-order valence-electron chi connectivity index (χ0n) is 11.3. The third kappa shape index (κ3) is 3.53. The number of nitrogens with zero attached hydrogens (tertiary/aromatic N) is 1. The summed E-state index contributed by atoms with van der Waals surface area (Å²) in [5.41, 5.74) is 0.901. The number of aliphatic carboxylic acids is 1. The molecule has 1 unspecified atom stereocenters. The summed E-state index contributed by atoms with van der Waals surface area (Å²) in [6, 6.07) is 7.81. The molecule has 4 heteroatoms. The molecule has 3 nitrogen and oxygen atoms in total. The van der Waals surface area contributed by atoms with Crippen molar-refractivity contribution >= 4 is 27.5 Å². The van der Waals surface area contributed by atoms with Crippen LogP contribution in [0.3, 0.4) is 0 Å². The van der Waals surface area contributed by atoms with E-state index in [1.165, 1.54) is 11.3 Å². The van der Waals surface area contributed by atoms with E-state index >= 15 is 0 Å². The Bertz CT molecular complexity index is 529. The minimum Gasteiger partial charge on any atom is -0.481 e. The summed E-state index contributed by atoms with van der Waals surface area (Å²) in [4.78, 5) is 15.9. The quantitative estimate of drug-likeness (QED) is 0.856. The number of carboxylic acids is 1. The molecule has 1 aromatic heterocycles. The van der Waals surface area contributed by atoms with E-state index in [1.54, 1.807) is 0 Å². The summed E-state index contributed by atoms with van der Waals surface area (Å²) in [5.74, 6) is -0.608. The van der Waals surface area contributed by atoms with Crippen molar-refractivity contribution in [1.29, 1.82) is 0 Å². The zero-order chi connectivity index (χ0) is 13.8. The molecule has 1 N–H and O–H groups in total. The van der Waals surface area contributed by atoms with E-state index in [2.05, 4.69) is 18.8 Å². The molecule has 0 amide bonds. The van der Waals surface area contributed by atoms with Crippen LogP contribution in [0.2, 0.25) is 0 Å². The Labute approximate surface area is 117 Å². The van der Waals surface area contributed by atoms with Crippen LogP contribution in [0.5, 0.6) is 0 Å². The lowest BCUT2D eigenvalue weighted by molar-refractivity contribution is -0.139. The number of hydrogen-bond acceptors (Lipinski definition) is 3. The van der Waals surface area contributed by atoms with Gasteiger partial charge in [-0.15, -0.1) is 11.3 Å². The molecule has 102 valence electrons. The van der Waals surface area contributed by atoms with Crippen LogP contribution in [0.25, 0.3) is 10.2 Å². The summed E-state index contributed by atoms with van der Waals surface area (Å²) in [6.07, 6.45) is 2.67. The van der Waals surface area contributed by atoms with Crippen LogP contribution in [0, 0.1) is 5.92 Å².